The van der Waals surface area contributed by atoms with Crippen LogP contribution in [0.1, 0.15) is 36.9 Å². The molecule has 0 amide bonds. The number of fused-ring (bicyclic) bond motifs is 1. The second-order valence-corrected chi connectivity index (χ2v) is 5.12. The number of hydrogen-bond acceptors (Lipinski definition) is 5. The molecule has 1 saturated carbocycles. The summed E-state index contributed by atoms with van der Waals surface area (Å²) in [5.41, 5.74) is 2.45. The van der Waals surface area contributed by atoms with Crippen molar-refractivity contribution in [3.8, 4) is 0 Å². The first-order valence-electron chi connectivity index (χ1n) is 6.91. The molecule has 1 aromatic rings. The smallest absolute Gasteiger partial charge is 0.224 e. The third-order valence-corrected chi connectivity index (χ3v) is 3.85. The SMILES string of the molecule is CNc1nc2c(c(NC3CCCC3)n1)CNCC2. The summed E-state index contributed by atoms with van der Waals surface area (Å²) in [6, 6.07) is 0.593. The van der Waals surface area contributed by atoms with E-state index in [1.165, 1.54) is 36.9 Å². The highest BCUT2D eigenvalue weighted by Gasteiger charge is 2.21. The Hall–Kier alpha value is -1.36. The van der Waals surface area contributed by atoms with E-state index in [1.54, 1.807) is 0 Å². The molecule has 18 heavy (non-hydrogen) atoms. The Bertz CT molecular complexity index is 426. The summed E-state index contributed by atoms with van der Waals surface area (Å²) < 4.78 is 0. The Morgan fingerprint density at radius 3 is 2.83 bits per heavy atom. The molecule has 1 aliphatic heterocycles. The van der Waals surface area contributed by atoms with E-state index in [0.717, 1.165) is 31.3 Å². The van der Waals surface area contributed by atoms with E-state index in [0.29, 0.717) is 6.04 Å². The minimum atomic E-state index is 0.593. The number of anilines is 2. The molecule has 1 aliphatic carbocycles. The van der Waals surface area contributed by atoms with E-state index in [-0.39, 0.29) is 0 Å². The van der Waals surface area contributed by atoms with Crippen LogP contribution in [0.15, 0.2) is 0 Å². The monoisotopic (exact) mass is 247 g/mol. The van der Waals surface area contributed by atoms with Crippen LogP contribution in [0.5, 0.6) is 0 Å². The Kier molecular flexibility index (Phi) is 3.32. The highest BCUT2D eigenvalue weighted by molar-refractivity contribution is 5.52. The lowest BCUT2D eigenvalue weighted by Gasteiger charge is -2.22. The van der Waals surface area contributed by atoms with Crippen LogP contribution < -0.4 is 16.0 Å². The van der Waals surface area contributed by atoms with Gasteiger partial charge in [0.1, 0.15) is 5.82 Å². The van der Waals surface area contributed by atoms with Gasteiger partial charge in [-0.05, 0) is 12.8 Å². The fraction of sp³-hybridized carbons (Fsp3) is 0.692. The Labute approximate surface area is 108 Å². The van der Waals surface area contributed by atoms with E-state index in [2.05, 4.69) is 25.9 Å². The van der Waals surface area contributed by atoms with Gasteiger partial charge >= 0.3 is 0 Å². The number of nitrogens with one attached hydrogen (secondary N) is 3. The second-order valence-electron chi connectivity index (χ2n) is 5.12. The third kappa shape index (κ3) is 2.27. The predicted molar refractivity (Wildman–Crippen MR) is 72.9 cm³/mol. The number of aromatic nitrogens is 2. The molecule has 0 saturated heterocycles. The van der Waals surface area contributed by atoms with Gasteiger partial charge in [-0.2, -0.15) is 4.98 Å². The molecule has 3 rings (SSSR count). The molecule has 2 aliphatic rings. The second kappa shape index (κ2) is 5.10. The van der Waals surface area contributed by atoms with Crippen molar-refractivity contribution in [3.05, 3.63) is 11.3 Å². The van der Waals surface area contributed by atoms with Crippen LogP contribution in [-0.4, -0.2) is 29.6 Å². The summed E-state index contributed by atoms with van der Waals surface area (Å²) >= 11 is 0. The summed E-state index contributed by atoms with van der Waals surface area (Å²) in [6.45, 7) is 1.89. The normalized spacial score (nSPS) is 19.6. The highest BCUT2D eigenvalue weighted by Crippen LogP contribution is 2.26. The topological polar surface area (TPSA) is 61.9 Å². The lowest BCUT2D eigenvalue weighted by molar-refractivity contribution is 0.625. The van der Waals surface area contributed by atoms with Gasteiger partial charge in [-0.3, -0.25) is 0 Å². The summed E-state index contributed by atoms with van der Waals surface area (Å²) in [5, 5.41) is 10.1. The van der Waals surface area contributed by atoms with E-state index in [1.807, 2.05) is 7.05 Å². The molecular weight excluding hydrogens is 226 g/mol. The van der Waals surface area contributed by atoms with Crippen molar-refractivity contribution in [1.82, 2.24) is 15.3 Å². The van der Waals surface area contributed by atoms with E-state index < -0.39 is 0 Å². The Balaban J connectivity index is 1.89. The first-order chi connectivity index (χ1) is 8.86. The average Bonchev–Trinajstić information content (AvgIpc) is 2.91. The minimum Gasteiger partial charge on any atom is -0.367 e. The van der Waals surface area contributed by atoms with Crippen molar-refractivity contribution in [3.63, 3.8) is 0 Å². The molecule has 5 heteroatoms. The zero-order chi connectivity index (χ0) is 12.4. The average molecular weight is 247 g/mol. The van der Waals surface area contributed by atoms with Crippen LogP contribution in [0.2, 0.25) is 0 Å². The van der Waals surface area contributed by atoms with Crippen LogP contribution in [-0.2, 0) is 13.0 Å². The summed E-state index contributed by atoms with van der Waals surface area (Å²) in [7, 11) is 1.88. The number of nitrogens with zero attached hydrogens (tertiary/aromatic N) is 2. The summed E-state index contributed by atoms with van der Waals surface area (Å²) in [6.07, 6.45) is 6.19. The van der Waals surface area contributed by atoms with E-state index >= 15 is 0 Å². The minimum absolute atomic E-state index is 0.593. The molecule has 1 fully saturated rings. The predicted octanol–water partition coefficient (Wildman–Crippen LogP) is 1.52. The van der Waals surface area contributed by atoms with Crippen molar-refractivity contribution < 1.29 is 0 Å². The van der Waals surface area contributed by atoms with Crippen molar-refractivity contribution >= 4 is 11.8 Å². The quantitative estimate of drug-likeness (QED) is 0.756. The maximum Gasteiger partial charge on any atom is 0.224 e. The molecule has 0 atom stereocenters. The first kappa shape index (κ1) is 11.7. The molecule has 2 heterocycles. The maximum atomic E-state index is 4.59. The van der Waals surface area contributed by atoms with E-state index in [4.69, 9.17) is 0 Å². The molecule has 1 aromatic heterocycles. The Morgan fingerprint density at radius 1 is 1.22 bits per heavy atom. The number of rotatable bonds is 3. The zero-order valence-electron chi connectivity index (χ0n) is 10.9. The molecular formula is C13H21N5. The van der Waals surface area contributed by atoms with Gasteiger partial charge in [0, 0.05) is 38.2 Å². The van der Waals surface area contributed by atoms with Crippen molar-refractivity contribution in [2.75, 3.05) is 24.2 Å². The van der Waals surface area contributed by atoms with Gasteiger partial charge < -0.3 is 16.0 Å². The Morgan fingerprint density at radius 2 is 2.06 bits per heavy atom. The maximum absolute atomic E-state index is 4.59. The summed E-state index contributed by atoms with van der Waals surface area (Å²) in [4.78, 5) is 9.16. The van der Waals surface area contributed by atoms with Crippen LogP contribution in [0, 0.1) is 0 Å². The molecule has 0 spiro atoms. The van der Waals surface area contributed by atoms with Gasteiger partial charge in [-0.15, -0.1) is 0 Å². The lowest BCUT2D eigenvalue weighted by atomic mass is 10.1. The van der Waals surface area contributed by atoms with Gasteiger partial charge in [0.2, 0.25) is 5.95 Å². The zero-order valence-corrected chi connectivity index (χ0v) is 10.9. The van der Waals surface area contributed by atoms with Crippen LogP contribution in [0.3, 0.4) is 0 Å². The lowest BCUT2D eigenvalue weighted by Crippen LogP contribution is -2.28. The molecule has 5 nitrogen and oxygen atoms in total. The van der Waals surface area contributed by atoms with Gasteiger partial charge in [-0.1, -0.05) is 12.8 Å². The molecule has 0 unspecified atom stereocenters. The standard InChI is InChI=1S/C13H21N5/c1-14-13-17-11-6-7-15-8-10(11)12(18-13)16-9-4-2-3-5-9/h9,15H,2-8H2,1H3,(H2,14,16,17,18). The van der Waals surface area contributed by atoms with Crippen LogP contribution in [0.4, 0.5) is 11.8 Å². The van der Waals surface area contributed by atoms with Crippen molar-refractivity contribution in [2.24, 2.45) is 0 Å². The first-order valence-corrected chi connectivity index (χ1v) is 6.91. The molecule has 0 bridgehead atoms. The van der Waals surface area contributed by atoms with Gasteiger partial charge in [0.15, 0.2) is 0 Å². The third-order valence-electron chi connectivity index (χ3n) is 3.85. The van der Waals surface area contributed by atoms with Gasteiger partial charge in [-0.25, -0.2) is 4.98 Å². The van der Waals surface area contributed by atoms with Crippen molar-refractivity contribution in [2.45, 2.75) is 44.7 Å². The van der Waals surface area contributed by atoms with Gasteiger partial charge in [0.25, 0.3) is 0 Å². The van der Waals surface area contributed by atoms with E-state index in [9.17, 15) is 0 Å². The van der Waals surface area contributed by atoms with Gasteiger partial charge in [0.05, 0.1) is 5.69 Å². The molecule has 98 valence electrons. The van der Waals surface area contributed by atoms with Crippen molar-refractivity contribution in [1.29, 1.82) is 0 Å². The number of hydrogen-bond donors (Lipinski definition) is 3. The molecule has 0 radical (unpaired) electrons. The fourth-order valence-electron chi connectivity index (χ4n) is 2.84. The largest absolute Gasteiger partial charge is 0.367 e. The van der Waals surface area contributed by atoms with Crippen LogP contribution >= 0.6 is 0 Å². The molecule has 3 N–H and O–H groups in total. The van der Waals surface area contributed by atoms with Crippen LogP contribution in [0.25, 0.3) is 0 Å². The summed E-state index contributed by atoms with van der Waals surface area (Å²) in [5.74, 6) is 1.76. The fourth-order valence-corrected chi connectivity index (χ4v) is 2.84. The highest BCUT2D eigenvalue weighted by atomic mass is 15.2. The molecule has 0 aromatic carbocycles.